The number of carbonyl (C=O) groups excluding carboxylic acids is 1. The van der Waals surface area contributed by atoms with Gasteiger partial charge in [0.25, 0.3) is 0 Å². The van der Waals surface area contributed by atoms with E-state index in [1.807, 2.05) is 13.8 Å². The van der Waals surface area contributed by atoms with Crippen LogP contribution in [-0.2, 0) is 14.8 Å². The molecule has 28 heavy (non-hydrogen) atoms. The Morgan fingerprint density at radius 2 is 1.71 bits per heavy atom. The van der Waals surface area contributed by atoms with Gasteiger partial charge in [-0.2, -0.15) is 0 Å². The third-order valence-electron chi connectivity index (χ3n) is 3.79. The number of sulfonamides is 1. The van der Waals surface area contributed by atoms with Crippen molar-refractivity contribution in [3.63, 3.8) is 0 Å². The standard InChI is InChI=1S/C20H25FN2O4S/c1-15(2)27-19-12-8-17(9-13-19)22-20(24)5-4-14-23(28(3,25)26)18-10-6-16(21)7-11-18/h6-13,15H,4-5,14H2,1-3H3,(H,22,24). The summed E-state index contributed by atoms with van der Waals surface area (Å²) in [6.07, 6.45) is 1.62. The van der Waals surface area contributed by atoms with Crippen LogP contribution >= 0.6 is 0 Å². The van der Waals surface area contributed by atoms with Crippen LogP contribution < -0.4 is 14.4 Å². The molecular formula is C20H25FN2O4S. The molecule has 0 spiro atoms. The normalized spacial score (nSPS) is 11.3. The summed E-state index contributed by atoms with van der Waals surface area (Å²) in [5.41, 5.74) is 1.00. The first kappa shape index (κ1) is 21.7. The fraction of sp³-hybridized carbons (Fsp3) is 0.350. The minimum absolute atomic E-state index is 0.0688. The topological polar surface area (TPSA) is 75.7 Å². The van der Waals surface area contributed by atoms with E-state index in [1.165, 1.54) is 24.3 Å². The second-order valence-corrected chi connectivity index (χ2v) is 8.56. The molecule has 0 aliphatic heterocycles. The van der Waals surface area contributed by atoms with Crippen molar-refractivity contribution >= 4 is 27.3 Å². The van der Waals surface area contributed by atoms with Gasteiger partial charge in [0.05, 0.1) is 18.0 Å². The molecule has 0 fully saturated rings. The van der Waals surface area contributed by atoms with Gasteiger partial charge in [0.15, 0.2) is 0 Å². The summed E-state index contributed by atoms with van der Waals surface area (Å²) in [6.45, 7) is 3.99. The SMILES string of the molecule is CC(C)Oc1ccc(NC(=O)CCCN(c2ccc(F)cc2)S(C)(=O)=O)cc1. The molecule has 1 amide bonds. The maximum absolute atomic E-state index is 13.1. The number of anilines is 2. The van der Waals surface area contributed by atoms with E-state index in [0.717, 1.165) is 16.3 Å². The van der Waals surface area contributed by atoms with E-state index < -0.39 is 15.8 Å². The third kappa shape index (κ3) is 6.84. The van der Waals surface area contributed by atoms with Gasteiger partial charge < -0.3 is 10.1 Å². The number of benzene rings is 2. The lowest BCUT2D eigenvalue weighted by atomic mass is 10.2. The predicted octanol–water partition coefficient (Wildman–Crippen LogP) is 3.80. The number of ether oxygens (including phenoxy) is 1. The average molecular weight is 408 g/mol. The van der Waals surface area contributed by atoms with Gasteiger partial charge in [-0.3, -0.25) is 9.10 Å². The molecule has 2 rings (SSSR count). The van der Waals surface area contributed by atoms with Crippen molar-refractivity contribution < 1.29 is 22.3 Å². The second-order valence-electron chi connectivity index (χ2n) is 6.65. The molecule has 0 heterocycles. The second kappa shape index (κ2) is 9.54. The van der Waals surface area contributed by atoms with Crippen molar-refractivity contribution in [2.24, 2.45) is 0 Å². The van der Waals surface area contributed by atoms with Crippen molar-refractivity contribution in [1.29, 1.82) is 0 Å². The number of halogens is 1. The van der Waals surface area contributed by atoms with Gasteiger partial charge in [0.1, 0.15) is 11.6 Å². The van der Waals surface area contributed by atoms with Crippen LogP contribution in [0.2, 0.25) is 0 Å². The quantitative estimate of drug-likeness (QED) is 0.685. The molecule has 0 atom stereocenters. The Hall–Kier alpha value is -2.61. The van der Waals surface area contributed by atoms with E-state index in [0.29, 0.717) is 17.8 Å². The highest BCUT2D eigenvalue weighted by Gasteiger charge is 2.17. The zero-order chi connectivity index (χ0) is 20.7. The monoisotopic (exact) mass is 408 g/mol. The molecule has 0 saturated carbocycles. The van der Waals surface area contributed by atoms with Crippen LogP contribution in [-0.4, -0.2) is 33.2 Å². The number of rotatable bonds is 9. The highest BCUT2D eigenvalue weighted by molar-refractivity contribution is 7.92. The molecular weight excluding hydrogens is 383 g/mol. The highest BCUT2D eigenvalue weighted by atomic mass is 32.2. The van der Waals surface area contributed by atoms with Crippen LogP contribution in [0.3, 0.4) is 0 Å². The van der Waals surface area contributed by atoms with Crippen LogP contribution in [0.5, 0.6) is 5.75 Å². The maximum atomic E-state index is 13.1. The van der Waals surface area contributed by atoms with Gasteiger partial charge in [-0.05, 0) is 68.8 Å². The predicted molar refractivity (Wildman–Crippen MR) is 109 cm³/mol. The number of nitrogens with one attached hydrogen (secondary N) is 1. The molecule has 0 aliphatic rings. The molecule has 0 aromatic heterocycles. The summed E-state index contributed by atoms with van der Waals surface area (Å²) in [5.74, 6) is 0.0579. The molecule has 0 unspecified atom stereocenters. The average Bonchev–Trinajstić information content (AvgIpc) is 2.60. The van der Waals surface area contributed by atoms with E-state index in [4.69, 9.17) is 4.74 Å². The van der Waals surface area contributed by atoms with E-state index in [2.05, 4.69) is 5.32 Å². The fourth-order valence-corrected chi connectivity index (χ4v) is 3.55. The van der Waals surface area contributed by atoms with Gasteiger partial charge in [-0.15, -0.1) is 0 Å². The Kier molecular flexibility index (Phi) is 7.39. The number of carbonyl (C=O) groups is 1. The molecule has 2 aromatic rings. The van der Waals surface area contributed by atoms with Crippen LogP contribution in [0, 0.1) is 5.82 Å². The summed E-state index contributed by atoms with van der Waals surface area (Å²) in [7, 11) is -3.54. The fourth-order valence-electron chi connectivity index (χ4n) is 2.59. The lowest BCUT2D eigenvalue weighted by Crippen LogP contribution is -2.31. The number of amides is 1. The Bertz CT molecular complexity index is 881. The highest BCUT2D eigenvalue weighted by Crippen LogP contribution is 2.20. The molecule has 0 bridgehead atoms. The van der Waals surface area contributed by atoms with Crippen LogP contribution in [0.4, 0.5) is 15.8 Å². The van der Waals surface area contributed by atoms with E-state index in [9.17, 15) is 17.6 Å². The van der Waals surface area contributed by atoms with Crippen molar-refractivity contribution in [3.8, 4) is 5.75 Å². The number of hydrogen-bond donors (Lipinski definition) is 1. The molecule has 0 aliphatic carbocycles. The summed E-state index contributed by atoms with van der Waals surface area (Å²) in [4.78, 5) is 12.1. The summed E-state index contributed by atoms with van der Waals surface area (Å²) >= 11 is 0. The first-order valence-corrected chi connectivity index (χ1v) is 10.8. The molecule has 8 heteroatoms. The van der Waals surface area contributed by atoms with E-state index >= 15 is 0 Å². The first-order valence-electron chi connectivity index (χ1n) is 8.95. The van der Waals surface area contributed by atoms with Gasteiger partial charge in [-0.25, -0.2) is 12.8 Å². The number of hydrogen-bond acceptors (Lipinski definition) is 4. The Balaban J connectivity index is 1.89. The van der Waals surface area contributed by atoms with Crippen LogP contribution in [0.1, 0.15) is 26.7 Å². The van der Waals surface area contributed by atoms with E-state index in [-0.39, 0.29) is 25.0 Å². The third-order valence-corrected chi connectivity index (χ3v) is 4.98. The zero-order valence-corrected chi connectivity index (χ0v) is 17.0. The van der Waals surface area contributed by atoms with Crippen LogP contribution in [0.25, 0.3) is 0 Å². The maximum Gasteiger partial charge on any atom is 0.232 e. The van der Waals surface area contributed by atoms with Crippen molar-refractivity contribution in [2.75, 3.05) is 22.4 Å². The summed E-state index contributed by atoms with van der Waals surface area (Å²) in [5, 5.41) is 2.77. The van der Waals surface area contributed by atoms with Gasteiger partial charge in [-0.1, -0.05) is 0 Å². The zero-order valence-electron chi connectivity index (χ0n) is 16.2. The largest absolute Gasteiger partial charge is 0.491 e. The van der Waals surface area contributed by atoms with Crippen LogP contribution in [0.15, 0.2) is 48.5 Å². The van der Waals surface area contributed by atoms with Gasteiger partial charge in [0, 0.05) is 18.7 Å². The Morgan fingerprint density at radius 3 is 2.25 bits per heavy atom. The Morgan fingerprint density at radius 1 is 1.11 bits per heavy atom. The molecule has 0 saturated heterocycles. The van der Waals surface area contributed by atoms with Gasteiger partial charge in [0.2, 0.25) is 15.9 Å². The smallest absolute Gasteiger partial charge is 0.232 e. The molecule has 152 valence electrons. The van der Waals surface area contributed by atoms with E-state index in [1.54, 1.807) is 24.3 Å². The summed E-state index contributed by atoms with van der Waals surface area (Å²) in [6, 6.07) is 12.2. The lowest BCUT2D eigenvalue weighted by Gasteiger charge is -2.22. The first-order chi connectivity index (χ1) is 13.1. The minimum atomic E-state index is -3.54. The molecule has 1 N–H and O–H groups in total. The van der Waals surface area contributed by atoms with Crippen molar-refractivity contribution in [1.82, 2.24) is 0 Å². The molecule has 2 aromatic carbocycles. The van der Waals surface area contributed by atoms with Crippen molar-refractivity contribution in [2.45, 2.75) is 32.8 Å². The minimum Gasteiger partial charge on any atom is -0.491 e. The molecule has 6 nitrogen and oxygen atoms in total. The number of nitrogens with zero attached hydrogens (tertiary/aromatic N) is 1. The van der Waals surface area contributed by atoms with Crippen molar-refractivity contribution in [3.05, 3.63) is 54.3 Å². The Labute approximate surface area is 165 Å². The summed E-state index contributed by atoms with van der Waals surface area (Å²) < 4.78 is 43.8. The lowest BCUT2D eigenvalue weighted by molar-refractivity contribution is -0.116. The molecule has 0 radical (unpaired) electrons. The van der Waals surface area contributed by atoms with Gasteiger partial charge >= 0.3 is 0 Å².